The molecule has 0 amide bonds. The maximum atomic E-state index is 12.3. The van der Waals surface area contributed by atoms with Gasteiger partial charge in [0, 0.05) is 12.3 Å². The highest BCUT2D eigenvalue weighted by Crippen LogP contribution is 2.69. The van der Waals surface area contributed by atoms with Crippen LogP contribution in [0.3, 0.4) is 0 Å². The summed E-state index contributed by atoms with van der Waals surface area (Å²) < 4.78 is 0. The van der Waals surface area contributed by atoms with E-state index in [9.17, 15) is 25.5 Å². The minimum Gasteiger partial charge on any atom is -0.393 e. The molecule has 4 saturated carbocycles. The highest BCUT2D eigenvalue weighted by Gasteiger charge is 2.70. The second kappa shape index (κ2) is 8.48. The summed E-state index contributed by atoms with van der Waals surface area (Å²) in [5.41, 5.74) is -1.42. The molecule has 0 spiro atoms. The largest absolute Gasteiger partial charge is 0.393 e. The van der Waals surface area contributed by atoms with E-state index in [1.165, 1.54) is 0 Å². The van der Waals surface area contributed by atoms with Gasteiger partial charge in [-0.1, -0.05) is 34.6 Å². The van der Waals surface area contributed by atoms with Crippen molar-refractivity contribution in [3.63, 3.8) is 0 Å². The van der Waals surface area contributed by atoms with Crippen molar-refractivity contribution in [2.75, 3.05) is 0 Å². The van der Waals surface area contributed by atoms with E-state index in [1.54, 1.807) is 0 Å². The number of fused-ring (bicyclic) bond motifs is 5. The first kappa shape index (κ1) is 24.9. The van der Waals surface area contributed by atoms with Gasteiger partial charge in [0.15, 0.2) is 0 Å². The highest BCUT2D eigenvalue weighted by molar-refractivity contribution is 5.20. The lowest BCUT2D eigenvalue weighted by atomic mass is 9.42. The van der Waals surface area contributed by atoms with Gasteiger partial charge in [0.2, 0.25) is 0 Å². The molecule has 186 valence electrons. The summed E-state index contributed by atoms with van der Waals surface area (Å²) in [6.45, 7) is 10.8. The first-order chi connectivity index (χ1) is 14.8. The van der Waals surface area contributed by atoms with Crippen LogP contribution in [-0.4, -0.2) is 55.5 Å². The highest BCUT2D eigenvalue weighted by atomic mass is 16.3. The molecular weight excluding hydrogens is 404 g/mol. The van der Waals surface area contributed by atoms with Crippen LogP contribution < -0.4 is 0 Å². The fraction of sp³-hybridized carbons (Fsp3) is 1.00. The fourth-order valence-electron chi connectivity index (χ4n) is 9.37. The summed E-state index contributed by atoms with van der Waals surface area (Å²) >= 11 is 0. The van der Waals surface area contributed by atoms with E-state index in [-0.39, 0.29) is 46.7 Å². The average Bonchev–Trinajstić information content (AvgIpc) is 2.98. The van der Waals surface area contributed by atoms with Gasteiger partial charge in [0.1, 0.15) is 0 Å². The Labute approximate surface area is 194 Å². The Morgan fingerprint density at radius 1 is 0.875 bits per heavy atom. The standard InChI is InChI=1S/C27H48O5/c1-15(2)20(29)7-6-16(3)18-13-21(30)24-26(18,5)11-9-23-25(4)10-8-17(28)12-19(25)22(31)14-27(23,24)32/h15-24,28-32H,6-14H2,1-5H3/t16-,17+,18-,19-,20?,21+,22-,23-,24-,25+,26-,27+/m1/s1. The molecule has 0 aromatic carbocycles. The van der Waals surface area contributed by atoms with Crippen molar-refractivity contribution in [3.05, 3.63) is 0 Å². The van der Waals surface area contributed by atoms with Crippen LogP contribution in [0.4, 0.5) is 0 Å². The van der Waals surface area contributed by atoms with Crippen LogP contribution in [0.25, 0.3) is 0 Å². The fourth-order valence-corrected chi connectivity index (χ4v) is 9.37. The van der Waals surface area contributed by atoms with Gasteiger partial charge in [-0.15, -0.1) is 0 Å². The Morgan fingerprint density at radius 3 is 2.19 bits per heavy atom. The third-order valence-electron chi connectivity index (χ3n) is 11.1. The number of hydrogen-bond donors (Lipinski definition) is 5. The second-order valence-corrected chi connectivity index (χ2v) is 13.2. The van der Waals surface area contributed by atoms with Gasteiger partial charge in [-0.2, -0.15) is 0 Å². The molecule has 4 aliphatic rings. The number of hydrogen-bond acceptors (Lipinski definition) is 5. The molecule has 0 radical (unpaired) electrons. The van der Waals surface area contributed by atoms with Gasteiger partial charge in [-0.25, -0.2) is 0 Å². The van der Waals surface area contributed by atoms with E-state index in [1.807, 2.05) is 0 Å². The summed E-state index contributed by atoms with van der Waals surface area (Å²) in [6, 6.07) is 0. The second-order valence-electron chi connectivity index (χ2n) is 13.2. The quantitative estimate of drug-likeness (QED) is 0.440. The molecule has 0 aromatic heterocycles. The van der Waals surface area contributed by atoms with E-state index >= 15 is 0 Å². The monoisotopic (exact) mass is 452 g/mol. The van der Waals surface area contributed by atoms with E-state index in [0.29, 0.717) is 31.1 Å². The van der Waals surface area contributed by atoms with Crippen molar-refractivity contribution < 1.29 is 25.5 Å². The molecule has 5 N–H and O–H groups in total. The molecule has 0 bridgehead atoms. The maximum absolute atomic E-state index is 12.3. The van der Waals surface area contributed by atoms with Crippen LogP contribution in [0.1, 0.15) is 92.4 Å². The van der Waals surface area contributed by atoms with Gasteiger partial charge < -0.3 is 25.5 Å². The van der Waals surface area contributed by atoms with Crippen LogP contribution in [0, 0.1) is 46.3 Å². The Bertz CT molecular complexity index is 683. The lowest BCUT2D eigenvalue weighted by Crippen LogP contribution is -2.68. The third-order valence-corrected chi connectivity index (χ3v) is 11.1. The average molecular weight is 453 g/mol. The van der Waals surface area contributed by atoms with E-state index < -0.39 is 17.8 Å². The molecule has 12 atom stereocenters. The summed E-state index contributed by atoms with van der Waals surface area (Å²) in [5.74, 6) is 0.780. The Kier molecular flexibility index (Phi) is 6.60. The molecule has 4 fully saturated rings. The normalized spacial score (nSPS) is 52.8. The molecule has 0 saturated heterocycles. The van der Waals surface area contributed by atoms with Gasteiger partial charge in [-0.05, 0) is 91.8 Å². The molecule has 32 heavy (non-hydrogen) atoms. The summed E-state index contributed by atoms with van der Waals surface area (Å²) in [4.78, 5) is 0. The molecule has 4 rings (SSSR count). The molecule has 5 heteroatoms. The van der Waals surface area contributed by atoms with Crippen LogP contribution in [0.2, 0.25) is 0 Å². The zero-order chi connectivity index (χ0) is 23.6. The molecule has 1 unspecified atom stereocenters. The van der Waals surface area contributed by atoms with Gasteiger partial charge >= 0.3 is 0 Å². The minimum absolute atomic E-state index is 0.0201. The first-order valence-electron chi connectivity index (χ1n) is 13.3. The van der Waals surface area contributed by atoms with Crippen molar-refractivity contribution in [2.24, 2.45) is 46.3 Å². The van der Waals surface area contributed by atoms with Crippen LogP contribution in [0.15, 0.2) is 0 Å². The molecule has 0 heterocycles. The number of aliphatic hydroxyl groups excluding tert-OH is 4. The number of aliphatic hydroxyl groups is 5. The molecule has 5 nitrogen and oxygen atoms in total. The van der Waals surface area contributed by atoms with E-state index in [0.717, 1.165) is 38.5 Å². The molecular formula is C27H48O5. The zero-order valence-electron chi connectivity index (χ0n) is 20.9. The maximum Gasteiger partial charge on any atom is 0.0763 e. The van der Waals surface area contributed by atoms with Crippen molar-refractivity contribution in [3.8, 4) is 0 Å². The van der Waals surface area contributed by atoms with Gasteiger partial charge in [-0.3, -0.25) is 0 Å². The molecule has 0 aliphatic heterocycles. The van der Waals surface area contributed by atoms with E-state index in [4.69, 9.17) is 0 Å². The van der Waals surface area contributed by atoms with Crippen LogP contribution >= 0.6 is 0 Å². The lowest BCUT2D eigenvalue weighted by Gasteiger charge is -2.66. The number of rotatable bonds is 5. The van der Waals surface area contributed by atoms with Crippen molar-refractivity contribution in [2.45, 2.75) is 122 Å². The summed E-state index contributed by atoms with van der Waals surface area (Å²) in [5, 5.41) is 55.4. The van der Waals surface area contributed by atoms with Crippen LogP contribution in [0.5, 0.6) is 0 Å². The molecule has 0 aromatic rings. The van der Waals surface area contributed by atoms with Crippen LogP contribution in [-0.2, 0) is 0 Å². The minimum atomic E-state index is -1.06. The Balaban J connectivity index is 1.59. The predicted molar refractivity (Wildman–Crippen MR) is 125 cm³/mol. The van der Waals surface area contributed by atoms with Gasteiger partial charge in [0.05, 0.1) is 30.0 Å². The SMILES string of the molecule is CC(C)C(O)CC[C@@H](C)[C@H]1C[C@H](O)[C@@H]2[C@]1(C)CC[C@@H]1[C@@]3(C)CC[C@H](O)C[C@@H]3[C@H](O)C[C@]12O. The Hall–Kier alpha value is -0.200. The van der Waals surface area contributed by atoms with Crippen molar-refractivity contribution >= 4 is 0 Å². The van der Waals surface area contributed by atoms with Gasteiger partial charge in [0.25, 0.3) is 0 Å². The zero-order valence-corrected chi connectivity index (χ0v) is 20.9. The topological polar surface area (TPSA) is 101 Å². The first-order valence-corrected chi connectivity index (χ1v) is 13.3. The smallest absolute Gasteiger partial charge is 0.0763 e. The summed E-state index contributed by atoms with van der Waals surface area (Å²) in [6.07, 6.45) is 4.97. The summed E-state index contributed by atoms with van der Waals surface area (Å²) in [7, 11) is 0. The Morgan fingerprint density at radius 2 is 1.53 bits per heavy atom. The third kappa shape index (κ3) is 3.69. The molecule has 4 aliphatic carbocycles. The van der Waals surface area contributed by atoms with E-state index in [2.05, 4.69) is 34.6 Å². The lowest BCUT2D eigenvalue weighted by molar-refractivity contribution is -0.263. The van der Waals surface area contributed by atoms with Crippen molar-refractivity contribution in [1.29, 1.82) is 0 Å². The van der Waals surface area contributed by atoms with Crippen molar-refractivity contribution in [1.82, 2.24) is 0 Å². The predicted octanol–water partition coefficient (Wildman–Crippen LogP) is 3.50.